The second kappa shape index (κ2) is 7.43. The van der Waals surface area contributed by atoms with Crippen LogP contribution in [0.2, 0.25) is 0 Å². The zero-order chi connectivity index (χ0) is 22.5. The molecule has 0 radical (unpaired) electrons. The van der Waals surface area contributed by atoms with Crippen molar-refractivity contribution in [2.45, 2.75) is 4.90 Å². The third-order valence-electron chi connectivity index (χ3n) is 4.98. The Kier molecular flexibility index (Phi) is 4.68. The molecule has 164 valence electrons. The monoisotopic (exact) mass is 454 g/mol. The van der Waals surface area contributed by atoms with Crippen LogP contribution in [-0.2, 0) is 10.0 Å². The molecule has 0 aliphatic carbocycles. The van der Waals surface area contributed by atoms with E-state index in [1.54, 1.807) is 42.5 Å². The lowest BCUT2D eigenvalue weighted by Gasteiger charge is -2.18. The number of carbonyl (C=O) groups is 1. The highest BCUT2D eigenvalue weighted by atomic mass is 32.2. The summed E-state index contributed by atoms with van der Waals surface area (Å²) < 4.78 is 49.7. The molecule has 0 atom stereocenters. The summed E-state index contributed by atoms with van der Waals surface area (Å²) in [5, 5.41) is 2.74. The van der Waals surface area contributed by atoms with Crippen molar-refractivity contribution in [3.8, 4) is 34.5 Å². The first-order chi connectivity index (χ1) is 15.3. The largest absolute Gasteiger partial charge is 0.456 e. The van der Waals surface area contributed by atoms with Gasteiger partial charge in [-0.05, 0) is 30.3 Å². The maximum absolute atomic E-state index is 13.1. The molecule has 2 aliphatic rings. The van der Waals surface area contributed by atoms with Crippen LogP contribution in [0, 0.1) is 0 Å². The number of hydrogen-bond acceptors (Lipinski definition) is 7. The Morgan fingerprint density at radius 2 is 1.72 bits per heavy atom. The van der Waals surface area contributed by atoms with Crippen molar-refractivity contribution < 1.29 is 32.2 Å². The van der Waals surface area contributed by atoms with Crippen LogP contribution in [0.3, 0.4) is 0 Å². The van der Waals surface area contributed by atoms with Gasteiger partial charge in [0, 0.05) is 26.2 Å². The van der Waals surface area contributed by atoms with Gasteiger partial charge in [0.2, 0.25) is 16.8 Å². The summed E-state index contributed by atoms with van der Waals surface area (Å²) in [6, 6.07) is 14.5. The number of anilines is 1. The number of nitrogens with one attached hydrogen (secondary N) is 1. The Bertz CT molecular complexity index is 1350. The zero-order valence-electron chi connectivity index (χ0n) is 17.1. The fourth-order valence-electron chi connectivity index (χ4n) is 3.32. The molecule has 0 saturated heterocycles. The first-order valence-corrected chi connectivity index (χ1v) is 11.0. The predicted octanol–water partition coefficient (Wildman–Crippen LogP) is 3.82. The number of rotatable bonds is 4. The molecule has 0 spiro atoms. The highest BCUT2D eigenvalue weighted by Gasteiger charge is 2.30. The van der Waals surface area contributed by atoms with Gasteiger partial charge in [0.15, 0.2) is 23.0 Å². The second-order valence-corrected chi connectivity index (χ2v) is 9.37. The second-order valence-electron chi connectivity index (χ2n) is 7.25. The third kappa shape index (κ3) is 3.39. The van der Waals surface area contributed by atoms with E-state index in [-0.39, 0.29) is 28.8 Å². The Hall–Kier alpha value is -3.76. The first-order valence-electron chi connectivity index (χ1n) is 9.59. The molecule has 5 rings (SSSR count). The van der Waals surface area contributed by atoms with Gasteiger partial charge in [0.1, 0.15) is 16.4 Å². The maximum Gasteiger partial charge on any atom is 0.259 e. The summed E-state index contributed by atoms with van der Waals surface area (Å²) in [5.41, 5.74) is 0.545. The molecule has 0 bridgehead atoms. The van der Waals surface area contributed by atoms with Crippen LogP contribution in [0.15, 0.2) is 59.5 Å². The average Bonchev–Trinajstić information content (AvgIpc) is 3.17. The van der Waals surface area contributed by atoms with Gasteiger partial charge in [-0.2, -0.15) is 0 Å². The fourth-order valence-corrected chi connectivity index (χ4v) is 4.33. The van der Waals surface area contributed by atoms with Crippen molar-refractivity contribution in [3.05, 3.63) is 60.2 Å². The zero-order valence-corrected chi connectivity index (χ0v) is 17.9. The van der Waals surface area contributed by atoms with E-state index < -0.39 is 15.9 Å². The van der Waals surface area contributed by atoms with Gasteiger partial charge < -0.3 is 24.3 Å². The minimum Gasteiger partial charge on any atom is -0.456 e. The highest BCUT2D eigenvalue weighted by Crippen LogP contribution is 2.43. The normalized spacial score (nSPS) is 14.2. The predicted molar refractivity (Wildman–Crippen MR) is 114 cm³/mol. The number of para-hydroxylation sites is 2. The summed E-state index contributed by atoms with van der Waals surface area (Å²) in [4.78, 5) is 12.7. The van der Waals surface area contributed by atoms with Crippen LogP contribution in [-0.4, -0.2) is 39.5 Å². The van der Waals surface area contributed by atoms with Gasteiger partial charge in [-0.15, -0.1) is 0 Å². The van der Waals surface area contributed by atoms with Crippen LogP contribution in [0.5, 0.6) is 34.5 Å². The molecule has 0 aromatic heterocycles. The lowest BCUT2D eigenvalue weighted by Crippen LogP contribution is -2.23. The molecule has 1 N–H and O–H groups in total. The van der Waals surface area contributed by atoms with Crippen molar-refractivity contribution in [3.63, 3.8) is 0 Å². The Morgan fingerprint density at radius 1 is 0.938 bits per heavy atom. The molecular formula is C22H18N2O7S. The molecule has 2 aliphatic heterocycles. The molecule has 9 nitrogen and oxygen atoms in total. The molecule has 32 heavy (non-hydrogen) atoms. The standard InChI is InChI=1S/C22H18N2O7S/c1-24(2)32(26,27)21-10-14-18(31-16-6-4-3-5-15(16)23-22(14)25)11-20(21)30-13-7-8-17-19(9-13)29-12-28-17/h3-11H,12H2,1-2H3,(H,23,25). The summed E-state index contributed by atoms with van der Waals surface area (Å²) in [6.07, 6.45) is 0. The Labute approximate surface area is 184 Å². The fraction of sp³-hybridized carbons (Fsp3) is 0.136. The summed E-state index contributed by atoms with van der Waals surface area (Å²) in [7, 11) is -1.16. The molecule has 0 unspecified atom stereocenters. The van der Waals surface area contributed by atoms with Gasteiger partial charge in [0.25, 0.3) is 5.91 Å². The lowest BCUT2D eigenvalue weighted by atomic mass is 10.1. The van der Waals surface area contributed by atoms with Gasteiger partial charge in [-0.25, -0.2) is 12.7 Å². The molecule has 1 amide bonds. The number of fused-ring (bicyclic) bond motifs is 3. The van der Waals surface area contributed by atoms with Gasteiger partial charge >= 0.3 is 0 Å². The highest BCUT2D eigenvalue weighted by molar-refractivity contribution is 7.89. The molecule has 0 saturated carbocycles. The van der Waals surface area contributed by atoms with Crippen LogP contribution in [0.4, 0.5) is 5.69 Å². The first kappa shape index (κ1) is 20.2. The SMILES string of the molecule is CN(C)S(=O)(=O)c1cc2c(cc1Oc1ccc3c(c1)OCO3)Oc1ccccc1NC2=O. The summed E-state index contributed by atoms with van der Waals surface area (Å²) in [5.74, 6) is 1.50. The van der Waals surface area contributed by atoms with E-state index in [1.165, 1.54) is 26.2 Å². The van der Waals surface area contributed by atoms with Crippen molar-refractivity contribution in [1.29, 1.82) is 0 Å². The number of amides is 1. The number of carbonyl (C=O) groups excluding carboxylic acids is 1. The van der Waals surface area contributed by atoms with Crippen LogP contribution in [0.25, 0.3) is 0 Å². The van der Waals surface area contributed by atoms with Gasteiger partial charge in [-0.1, -0.05) is 12.1 Å². The molecule has 0 fully saturated rings. The average molecular weight is 454 g/mol. The number of ether oxygens (including phenoxy) is 4. The van der Waals surface area contributed by atoms with Crippen LogP contribution in [0.1, 0.15) is 10.4 Å². The van der Waals surface area contributed by atoms with Crippen molar-refractivity contribution >= 4 is 21.6 Å². The Morgan fingerprint density at radius 3 is 2.53 bits per heavy atom. The number of benzene rings is 3. The van der Waals surface area contributed by atoms with Gasteiger partial charge in [-0.3, -0.25) is 4.79 Å². The topological polar surface area (TPSA) is 103 Å². The minimum absolute atomic E-state index is 0.00324. The summed E-state index contributed by atoms with van der Waals surface area (Å²) >= 11 is 0. The molecule has 10 heteroatoms. The number of hydrogen-bond donors (Lipinski definition) is 1. The smallest absolute Gasteiger partial charge is 0.259 e. The van der Waals surface area contributed by atoms with Crippen molar-refractivity contribution in [1.82, 2.24) is 4.31 Å². The van der Waals surface area contributed by atoms with E-state index in [2.05, 4.69) is 5.32 Å². The van der Waals surface area contributed by atoms with Crippen LogP contribution < -0.4 is 24.3 Å². The van der Waals surface area contributed by atoms with E-state index in [4.69, 9.17) is 18.9 Å². The quantitative estimate of drug-likeness (QED) is 0.639. The van der Waals surface area contributed by atoms with E-state index in [1.807, 2.05) is 0 Å². The van der Waals surface area contributed by atoms with Crippen LogP contribution >= 0.6 is 0 Å². The summed E-state index contributed by atoms with van der Waals surface area (Å²) in [6.45, 7) is 0.0975. The minimum atomic E-state index is -3.96. The molecule has 3 aromatic rings. The van der Waals surface area contributed by atoms with Gasteiger partial charge in [0.05, 0.1) is 11.3 Å². The van der Waals surface area contributed by atoms with E-state index in [0.29, 0.717) is 28.7 Å². The molecular weight excluding hydrogens is 436 g/mol. The molecule has 2 heterocycles. The third-order valence-corrected chi connectivity index (χ3v) is 6.81. The maximum atomic E-state index is 13.1. The number of nitrogens with zero attached hydrogens (tertiary/aromatic N) is 1. The number of sulfonamides is 1. The Balaban J connectivity index is 1.65. The lowest BCUT2D eigenvalue weighted by molar-refractivity contribution is 0.102. The van der Waals surface area contributed by atoms with Crippen molar-refractivity contribution in [2.24, 2.45) is 0 Å². The van der Waals surface area contributed by atoms with E-state index in [0.717, 1.165) is 4.31 Å². The van der Waals surface area contributed by atoms with E-state index in [9.17, 15) is 13.2 Å². The van der Waals surface area contributed by atoms with Crippen molar-refractivity contribution in [2.75, 3.05) is 26.2 Å². The molecule has 3 aromatic carbocycles. The van der Waals surface area contributed by atoms with E-state index >= 15 is 0 Å².